The maximum atomic E-state index is 12.0. The van der Waals surface area contributed by atoms with Gasteiger partial charge in [0, 0.05) is 12.0 Å². The van der Waals surface area contributed by atoms with Gasteiger partial charge in [0.1, 0.15) is 5.60 Å². The first-order valence-electron chi connectivity index (χ1n) is 8.38. The van der Waals surface area contributed by atoms with E-state index in [4.69, 9.17) is 4.74 Å². The van der Waals surface area contributed by atoms with Gasteiger partial charge in [-0.2, -0.15) is 0 Å². The molecule has 128 valence electrons. The van der Waals surface area contributed by atoms with Gasteiger partial charge < -0.3 is 15.2 Å². The highest BCUT2D eigenvalue weighted by molar-refractivity contribution is 5.67. The molecule has 1 aliphatic carbocycles. The Morgan fingerprint density at radius 2 is 1.96 bits per heavy atom. The topological polar surface area (TPSA) is 58.6 Å². The Morgan fingerprint density at radius 1 is 1.30 bits per heavy atom. The maximum absolute atomic E-state index is 12.0. The number of nitrogens with one attached hydrogen (secondary N) is 1. The number of alkyl carbamates (subject to hydrolysis) is 1. The summed E-state index contributed by atoms with van der Waals surface area (Å²) in [5.74, 6) is 0.460. The van der Waals surface area contributed by atoms with Gasteiger partial charge in [0.2, 0.25) is 0 Å². The Hall–Kier alpha value is -1.55. The van der Waals surface area contributed by atoms with Crippen molar-refractivity contribution in [2.75, 3.05) is 13.2 Å². The molecule has 1 fully saturated rings. The van der Waals surface area contributed by atoms with Gasteiger partial charge in [-0.05, 0) is 64.0 Å². The van der Waals surface area contributed by atoms with Gasteiger partial charge in [0.15, 0.2) is 0 Å². The molecule has 23 heavy (non-hydrogen) atoms. The Bertz CT molecular complexity index is 546. The molecule has 1 aliphatic rings. The highest BCUT2D eigenvalue weighted by Gasteiger charge is 2.45. The van der Waals surface area contributed by atoms with Gasteiger partial charge >= 0.3 is 6.09 Å². The summed E-state index contributed by atoms with van der Waals surface area (Å²) in [6, 6.07) is 8.25. The normalized spacial score (nSPS) is 17.4. The Labute approximate surface area is 139 Å². The molecule has 2 N–H and O–H groups in total. The summed E-state index contributed by atoms with van der Waals surface area (Å²) in [5, 5.41) is 13.0. The van der Waals surface area contributed by atoms with Gasteiger partial charge in [0.05, 0.1) is 6.61 Å². The van der Waals surface area contributed by atoms with Crippen LogP contribution < -0.4 is 5.32 Å². The third-order valence-electron chi connectivity index (χ3n) is 4.55. The number of amides is 1. The first kappa shape index (κ1) is 17.8. The minimum absolute atomic E-state index is 0.0712. The van der Waals surface area contributed by atoms with Crippen molar-refractivity contribution >= 4 is 6.09 Å². The average molecular weight is 319 g/mol. The van der Waals surface area contributed by atoms with Gasteiger partial charge in [-0.15, -0.1) is 0 Å². The molecule has 1 aromatic rings. The second-order valence-electron chi connectivity index (χ2n) is 7.75. The highest BCUT2D eigenvalue weighted by atomic mass is 16.6. The average Bonchev–Trinajstić information content (AvgIpc) is 3.29. The number of carbonyl (C=O) groups is 1. The van der Waals surface area contributed by atoms with Crippen LogP contribution in [0, 0.1) is 18.3 Å². The number of hydrogen-bond acceptors (Lipinski definition) is 3. The second kappa shape index (κ2) is 6.91. The van der Waals surface area contributed by atoms with E-state index in [1.807, 2.05) is 32.9 Å². The summed E-state index contributed by atoms with van der Waals surface area (Å²) in [7, 11) is 0. The highest BCUT2D eigenvalue weighted by Crippen LogP contribution is 2.47. The third kappa shape index (κ3) is 4.96. The summed E-state index contributed by atoms with van der Waals surface area (Å²) in [6.45, 7) is 8.14. The summed E-state index contributed by atoms with van der Waals surface area (Å²) >= 11 is 0. The summed E-state index contributed by atoms with van der Waals surface area (Å²) in [5.41, 5.74) is 1.65. The number of aryl methyl sites for hydroxylation is 1. The smallest absolute Gasteiger partial charge is 0.407 e. The minimum atomic E-state index is -0.512. The zero-order valence-electron chi connectivity index (χ0n) is 14.7. The van der Waals surface area contributed by atoms with Crippen LogP contribution in [0.4, 0.5) is 4.79 Å². The molecule has 1 amide bonds. The molecule has 0 heterocycles. The van der Waals surface area contributed by atoms with Crippen LogP contribution in [0.5, 0.6) is 0 Å². The van der Waals surface area contributed by atoms with E-state index in [1.54, 1.807) is 0 Å². The number of hydrogen-bond donors (Lipinski definition) is 2. The molecular weight excluding hydrogens is 290 g/mol. The molecule has 1 saturated carbocycles. The van der Waals surface area contributed by atoms with E-state index < -0.39 is 11.7 Å². The maximum Gasteiger partial charge on any atom is 0.407 e. The fourth-order valence-electron chi connectivity index (χ4n) is 3.04. The van der Waals surface area contributed by atoms with Crippen molar-refractivity contribution in [1.82, 2.24) is 5.32 Å². The summed E-state index contributed by atoms with van der Waals surface area (Å²) in [6.07, 6.45) is 2.59. The molecule has 0 aliphatic heterocycles. The SMILES string of the molecule is Cc1ccccc1CC(CO)(CNC(=O)OC(C)(C)C)C1CC1. The van der Waals surface area contributed by atoms with E-state index in [-0.39, 0.29) is 12.0 Å². The van der Waals surface area contributed by atoms with Crippen molar-refractivity contribution in [3.63, 3.8) is 0 Å². The molecule has 0 aromatic heterocycles. The minimum Gasteiger partial charge on any atom is -0.444 e. The molecule has 0 bridgehead atoms. The molecule has 4 nitrogen and oxygen atoms in total. The summed E-state index contributed by atoms with van der Waals surface area (Å²) < 4.78 is 5.32. The van der Waals surface area contributed by atoms with Crippen LogP contribution in [0.1, 0.15) is 44.7 Å². The van der Waals surface area contributed by atoms with E-state index in [9.17, 15) is 9.90 Å². The molecule has 0 saturated heterocycles. The zero-order chi connectivity index (χ0) is 17.1. The lowest BCUT2D eigenvalue weighted by Crippen LogP contribution is -2.45. The molecule has 0 spiro atoms. The van der Waals surface area contributed by atoms with Crippen LogP contribution in [0.15, 0.2) is 24.3 Å². The van der Waals surface area contributed by atoms with Crippen molar-refractivity contribution in [3.05, 3.63) is 35.4 Å². The van der Waals surface area contributed by atoms with Crippen molar-refractivity contribution < 1.29 is 14.6 Å². The van der Waals surface area contributed by atoms with Crippen molar-refractivity contribution in [2.24, 2.45) is 11.3 Å². The Morgan fingerprint density at radius 3 is 2.48 bits per heavy atom. The number of aliphatic hydroxyl groups excluding tert-OH is 1. The fraction of sp³-hybridized carbons (Fsp3) is 0.632. The van der Waals surface area contributed by atoms with Crippen molar-refractivity contribution in [2.45, 2.75) is 52.6 Å². The van der Waals surface area contributed by atoms with E-state index in [0.29, 0.717) is 12.5 Å². The number of rotatable bonds is 6. The standard InChI is InChI=1S/C19H29NO3/c1-14-7-5-6-8-15(14)11-19(13-21,16-9-10-16)12-20-17(22)23-18(2,3)4/h5-8,16,21H,9-13H2,1-4H3,(H,20,22). The lowest BCUT2D eigenvalue weighted by atomic mass is 9.77. The summed E-state index contributed by atoms with van der Waals surface area (Å²) in [4.78, 5) is 12.0. The number of carbonyl (C=O) groups excluding carboxylic acids is 1. The van der Waals surface area contributed by atoms with Crippen molar-refractivity contribution in [1.29, 1.82) is 0 Å². The van der Waals surface area contributed by atoms with E-state index in [2.05, 4.69) is 24.4 Å². The molecule has 0 radical (unpaired) electrons. The lowest BCUT2D eigenvalue weighted by Gasteiger charge is -2.33. The fourth-order valence-corrected chi connectivity index (χ4v) is 3.04. The Kier molecular flexibility index (Phi) is 5.35. The van der Waals surface area contributed by atoms with Crippen molar-refractivity contribution in [3.8, 4) is 0 Å². The largest absolute Gasteiger partial charge is 0.444 e. The first-order valence-corrected chi connectivity index (χ1v) is 8.38. The van der Waals surface area contributed by atoms with Gasteiger partial charge in [-0.25, -0.2) is 4.79 Å². The van der Waals surface area contributed by atoms with Crippen LogP contribution >= 0.6 is 0 Å². The Balaban J connectivity index is 2.07. The quantitative estimate of drug-likeness (QED) is 0.844. The van der Waals surface area contributed by atoms with Gasteiger partial charge in [-0.1, -0.05) is 24.3 Å². The van der Waals surface area contributed by atoms with Gasteiger partial charge in [0.25, 0.3) is 0 Å². The molecular formula is C19H29NO3. The number of aliphatic hydroxyl groups is 1. The monoisotopic (exact) mass is 319 g/mol. The number of benzene rings is 1. The second-order valence-corrected chi connectivity index (χ2v) is 7.75. The first-order chi connectivity index (χ1) is 10.8. The predicted octanol–water partition coefficient (Wildman–Crippen LogP) is 3.45. The molecule has 4 heteroatoms. The van der Waals surface area contributed by atoms with E-state index in [0.717, 1.165) is 19.3 Å². The van der Waals surface area contributed by atoms with Crippen LogP contribution in [0.25, 0.3) is 0 Å². The number of ether oxygens (including phenoxy) is 1. The molecule has 2 rings (SSSR count). The predicted molar refractivity (Wildman–Crippen MR) is 91.4 cm³/mol. The molecule has 1 unspecified atom stereocenters. The van der Waals surface area contributed by atoms with E-state index >= 15 is 0 Å². The van der Waals surface area contributed by atoms with Crippen LogP contribution in [0.3, 0.4) is 0 Å². The van der Waals surface area contributed by atoms with Crippen LogP contribution in [-0.4, -0.2) is 30.0 Å². The van der Waals surface area contributed by atoms with Crippen LogP contribution in [0.2, 0.25) is 0 Å². The van der Waals surface area contributed by atoms with E-state index in [1.165, 1.54) is 11.1 Å². The third-order valence-corrected chi connectivity index (χ3v) is 4.55. The zero-order valence-corrected chi connectivity index (χ0v) is 14.7. The van der Waals surface area contributed by atoms with Gasteiger partial charge in [-0.3, -0.25) is 0 Å². The lowest BCUT2D eigenvalue weighted by molar-refractivity contribution is 0.0439. The molecule has 1 atom stereocenters. The molecule has 1 aromatic carbocycles. The van der Waals surface area contributed by atoms with Crippen LogP contribution in [-0.2, 0) is 11.2 Å².